The van der Waals surface area contributed by atoms with E-state index in [2.05, 4.69) is 10.0 Å². The molecule has 0 saturated carbocycles. The molecule has 62 valence electrons. The van der Waals surface area contributed by atoms with Gasteiger partial charge in [-0.25, -0.2) is 8.42 Å². The van der Waals surface area contributed by atoms with E-state index in [4.69, 9.17) is 0 Å². The van der Waals surface area contributed by atoms with Crippen molar-refractivity contribution >= 4 is 10.0 Å². The third-order valence-corrected chi connectivity index (χ3v) is 1.68. The van der Waals surface area contributed by atoms with E-state index < -0.39 is 10.0 Å². The largest absolute Gasteiger partial charge is 0.302 e. The SMILES string of the molecule is CCNC(C)NS(C)(=O)=O. The highest BCUT2D eigenvalue weighted by atomic mass is 32.2. The predicted molar refractivity (Wildman–Crippen MR) is 41.1 cm³/mol. The summed E-state index contributed by atoms with van der Waals surface area (Å²) in [6, 6.07) is 0. The molecule has 1 unspecified atom stereocenters. The molecule has 0 aromatic carbocycles. The molecule has 0 aromatic rings. The van der Waals surface area contributed by atoms with Crippen LogP contribution in [0.3, 0.4) is 0 Å². The van der Waals surface area contributed by atoms with Gasteiger partial charge in [0.2, 0.25) is 10.0 Å². The highest BCUT2D eigenvalue weighted by Gasteiger charge is 2.04. The molecule has 1 atom stereocenters. The lowest BCUT2D eigenvalue weighted by Crippen LogP contribution is -2.42. The molecule has 5 heteroatoms. The zero-order chi connectivity index (χ0) is 8.20. The Morgan fingerprint density at radius 2 is 2.00 bits per heavy atom. The second kappa shape index (κ2) is 3.90. The van der Waals surface area contributed by atoms with Crippen molar-refractivity contribution in [3.05, 3.63) is 0 Å². The fourth-order valence-electron chi connectivity index (χ4n) is 0.669. The standard InChI is InChI=1S/C5H14N2O2S/c1-4-6-5(2)7-10(3,8)9/h5-7H,4H2,1-3H3. The van der Waals surface area contributed by atoms with E-state index in [0.717, 1.165) is 12.8 Å². The van der Waals surface area contributed by atoms with E-state index >= 15 is 0 Å². The van der Waals surface area contributed by atoms with Crippen LogP contribution in [0.1, 0.15) is 13.8 Å². The van der Waals surface area contributed by atoms with Gasteiger partial charge in [-0.3, -0.25) is 0 Å². The Morgan fingerprint density at radius 1 is 1.50 bits per heavy atom. The van der Waals surface area contributed by atoms with Crippen LogP contribution in [0.25, 0.3) is 0 Å². The Kier molecular flexibility index (Phi) is 3.85. The minimum absolute atomic E-state index is 0.181. The van der Waals surface area contributed by atoms with Crippen molar-refractivity contribution in [2.75, 3.05) is 12.8 Å². The van der Waals surface area contributed by atoms with Gasteiger partial charge in [0.25, 0.3) is 0 Å². The predicted octanol–water partition coefficient (Wildman–Crippen LogP) is -0.509. The van der Waals surface area contributed by atoms with Crippen LogP contribution in [0.4, 0.5) is 0 Å². The number of sulfonamides is 1. The number of hydrogen-bond acceptors (Lipinski definition) is 3. The van der Waals surface area contributed by atoms with Crippen molar-refractivity contribution in [1.29, 1.82) is 0 Å². The Morgan fingerprint density at radius 3 is 2.30 bits per heavy atom. The van der Waals surface area contributed by atoms with E-state index in [1.54, 1.807) is 6.92 Å². The van der Waals surface area contributed by atoms with E-state index in [1.165, 1.54) is 0 Å². The van der Waals surface area contributed by atoms with Gasteiger partial charge in [-0.2, -0.15) is 4.72 Å². The summed E-state index contributed by atoms with van der Waals surface area (Å²) in [5.41, 5.74) is 0. The zero-order valence-electron chi connectivity index (χ0n) is 6.51. The first-order valence-corrected chi connectivity index (χ1v) is 5.05. The molecule has 0 saturated heterocycles. The molecule has 0 radical (unpaired) electrons. The summed E-state index contributed by atoms with van der Waals surface area (Å²) in [4.78, 5) is 0. The number of nitrogens with one attached hydrogen (secondary N) is 2. The van der Waals surface area contributed by atoms with Crippen molar-refractivity contribution in [2.24, 2.45) is 0 Å². The molecular formula is C5H14N2O2S. The summed E-state index contributed by atoms with van der Waals surface area (Å²) < 4.78 is 23.5. The van der Waals surface area contributed by atoms with Gasteiger partial charge in [0.05, 0.1) is 12.4 Å². The minimum atomic E-state index is -3.06. The molecule has 0 bridgehead atoms. The first-order valence-electron chi connectivity index (χ1n) is 3.16. The van der Waals surface area contributed by atoms with Crippen molar-refractivity contribution in [3.8, 4) is 0 Å². The third kappa shape index (κ3) is 6.00. The molecule has 0 heterocycles. The van der Waals surface area contributed by atoms with Gasteiger partial charge in [-0.1, -0.05) is 6.92 Å². The summed E-state index contributed by atoms with van der Waals surface area (Å²) in [5, 5.41) is 2.91. The molecular weight excluding hydrogens is 152 g/mol. The van der Waals surface area contributed by atoms with Gasteiger partial charge in [0.1, 0.15) is 0 Å². The molecule has 0 spiro atoms. The van der Waals surface area contributed by atoms with Crippen LogP contribution in [0.2, 0.25) is 0 Å². The van der Waals surface area contributed by atoms with Gasteiger partial charge in [-0.05, 0) is 13.5 Å². The summed E-state index contributed by atoms with van der Waals surface area (Å²) in [6.07, 6.45) is 0.959. The highest BCUT2D eigenvalue weighted by Crippen LogP contribution is 1.78. The molecule has 0 aliphatic rings. The molecule has 0 aliphatic heterocycles. The van der Waals surface area contributed by atoms with Gasteiger partial charge >= 0.3 is 0 Å². The minimum Gasteiger partial charge on any atom is -0.302 e. The lowest BCUT2D eigenvalue weighted by atomic mass is 10.6. The average molecular weight is 166 g/mol. The molecule has 0 aromatic heterocycles. The fraction of sp³-hybridized carbons (Fsp3) is 1.00. The zero-order valence-corrected chi connectivity index (χ0v) is 7.33. The Hall–Kier alpha value is -0.130. The third-order valence-electron chi connectivity index (χ3n) is 0.901. The fourth-order valence-corrected chi connectivity index (χ4v) is 1.39. The van der Waals surface area contributed by atoms with E-state index in [-0.39, 0.29) is 6.17 Å². The molecule has 0 rings (SSSR count). The molecule has 10 heavy (non-hydrogen) atoms. The molecule has 0 aliphatic carbocycles. The summed E-state index contributed by atoms with van der Waals surface area (Å²) in [5.74, 6) is 0. The maximum Gasteiger partial charge on any atom is 0.210 e. The second-order valence-electron chi connectivity index (χ2n) is 2.17. The Balaban J connectivity index is 3.69. The molecule has 4 nitrogen and oxygen atoms in total. The van der Waals surface area contributed by atoms with E-state index in [9.17, 15) is 8.42 Å². The second-order valence-corrected chi connectivity index (χ2v) is 3.95. The smallest absolute Gasteiger partial charge is 0.210 e. The topological polar surface area (TPSA) is 58.2 Å². The summed E-state index contributed by atoms with van der Waals surface area (Å²) in [6.45, 7) is 4.43. The van der Waals surface area contributed by atoms with Gasteiger partial charge in [-0.15, -0.1) is 0 Å². The lowest BCUT2D eigenvalue weighted by Gasteiger charge is -2.11. The van der Waals surface area contributed by atoms with E-state index in [0.29, 0.717) is 0 Å². The first-order chi connectivity index (χ1) is 4.45. The van der Waals surface area contributed by atoms with Crippen LogP contribution in [0, 0.1) is 0 Å². The first kappa shape index (κ1) is 9.87. The normalized spacial score (nSPS) is 15.1. The van der Waals surface area contributed by atoms with Gasteiger partial charge in [0.15, 0.2) is 0 Å². The van der Waals surface area contributed by atoms with E-state index in [1.807, 2.05) is 6.92 Å². The highest BCUT2D eigenvalue weighted by molar-refractivity contribution is 7.88. The molecule has 0 amide bonds. The molecule has 2 N–H and O–H groups in total. The maximum absolute atomic E-state index is 10.6. The van der Waals surface area contributed by atoms with Gasteiger partial charge < -0.3 is 5.32 Å². The average Bonchev–Trinajstić information content (AvgIpc) is 1.59. The Labute approximate surface area is 62.1 Å². The van der Waals surface area contributed by atoms with Crippen LogP contribution < -0.4 is 10.0 Å². The summed E-state index contributed by atoms with van der Waals surface area (Å²) >= 11 is 0. The van der Waals surface area contributed by atoms with Crippen LogP contribution in [-0.2, 0) is 10.0 Å². The van der Waals surface area contributed by atoms with Crippen molar-refractivity contribution < 1.29 is 8.42 Å². The molecule has 0 fully saturated rings. The number of hydrogen-bond donors (Lipinski definition) is 2. The maximum atomic E-state index is 10.6. The van der Waals surface area contributed by atoms with Crippen LogP contribution in [0.5, 0.6) is 0 Å². The lowest BCUT2D eigenvalue weighted by molar-refractivity contribution is 0.517. The number of rotatable bonds is 4. The van der Waals surface area contributed by atoms with Crippen molar-refractivity contribution in [2.45, 2.75) is 20.0 Å². The summed E-state index contributed by atoms with van der Waals surface area (Å²) in [7, 11) is -3.06. The monoisotopic (exact) mass is 166 g/mol. The van der Waals surface area contributed by atoms with Crippen molar-refractivity contribution in [1.82, 2.24) is 10.0 Å². The van der Waals surface area contributed by atoms with Crippen LogP contribution in [-0.4, -0.2) is 27.4 Å². The van der Waals surface area contributed by atoms with Crippen LogP contribution in [0.15, 0.2) is 0 Å². The van der Waals surface area contributed by atoms with Crippen molar-refractivity contribution in [3.63, 3.8) is 0 Å². The Bertz CT molecular complexity index is 176. The quantitative estimate of drug-likeness (QED) is 0.553. The van der Waals surface area contributed by atoms with Gasteiger partial charge in [0, 0.05) is 0 Å². The van der Waals surface area contributed by atoms with Crippen LogP contribution >= 0.6 is 0 Å².